The van der Waals surface area contributed by atoms with Crippen LogP contribution in [0.2, 0.25) is 0 Å². The molecule has 4 nitrogen and oxygen atoms in total. The summed E-state index contributed by atoms with van der Waals surface area (Å²) >= 11 is 0. The molecule has 1 aliphatic rings. The zero-order valence-electron chi connectivity index (χ0n) is 12.2. The molecule has 0 aliphatic heterocycles. The fourth-order valence-corrected chi connectivity index (χ4v) is 2.12. The molecule has 4 heteroatoms. The van der Waals surface area contributed by atoms with Gasteiger partial charge < -0.3 is 20.9 Å². The van der Waals surface area contributed by atoms with Gasteiger partial charge in [0.25, 0.3) is 0 Å². The summed E-state index contributed by atoms with van der Waals surface area (Å²) in [6.45, 7) is 0. The fraction of sp³-hybridized carbons (Fsp3) is 0.111. The van der Waals surface area contributed by atoms with E-state index in [1.165, 1.54) is 0 Å². The molecule has 1 aliphatic carbocycles. The Morgan fingerprint density at radius 2 is 1.18 bits per heavy atom. The zero-order chi connectivity index (χ0) is 15.4. The maximum atomic E-state index is 5.81. The second-order valence-electron chi connectivity index (χ2n) is 5.12. The van der Waals surface area contributed by atoms with Gasteiger partial charge in [-0.2, -0.15) is 0 Å². The van der Waals surface area contributed by atoms with Gasteiger partial charge in [0.1, 0.15) is 23.0 Å². The molecule has 0 bridgehead atoms. The molecular formula is C18H18N2O2. The van der Waals surface area contributed by atoms with Crippen LogP contribution in [0.4, 0.5) is 5.69 Å². The average molecular weight is 294 g/mol. The molecule has 22 heavy (non-hydrogen) atoms. The third kappa shape index (κ3) is 3.61. The van der Waals surface area contributed by atoms with Crippen LogP contribution in [0.3, 0.4) is 0 Å². The normalized spacial score (nSPS) is 14.0. The molecule has 0 atom stereocenters. The summed E-state index contributed by atoms with van der Waals surface area (Å²) in [5.74, 6) is 3.20. The summed E-state index contributed by atoms with van der Waals surface area (Å²) in [6.07, 6.45) is 5.46. The summed E-state index contributed by atoms with van der Waals surface area (Å²) in [7, 11) is 0. The number of hydrogen-bond acceptors (Lipinski definition) is 4. The molecule has 0 fully saturated rings. The number of hydrogen-bond donors (Lipinski definition) is 2. The number of benzene rings is 2. The molecule has 3 rings (SSSR count). The topological polar surface area (TPSA) is 70.5 Å². The van der Waals surface area contributed by atoms with Crippen molar-refractivity contribution in [1.29, 1.82) is 0 Å². The summed E-state index contributed by atoms with van der Waals surface area (Å²) in [5.41, 5.74) is 13.0. The van der Waals surface area contributed by atoms with E-state index in [9.17, 15) is 0 Å². The van der Waals surface area contributed by atoms with Crippen LogP contribution < -0.4 is 20.9 Å². The second-order valence-corrected chi connectivity index (χ2v) is 5.12. The van der Waals surface area contributed by atoms with Crippen molar-refractivity contribution < 1.29 is 9.47 Å². The minimum absolute atomic E-state index is 0.714. The quantitative estimate of drug-likeness (QED) is 0.837. The number of ether oxygens (including phenoxy) is 2. The average Bonchev–Trinajstić information content (AvgIpc) is 2.54. The van der Waals surface area contributed by atoms with E-state index in [4.69, 9.17) is 20.9 Å². The number of allylic oxidation sites excluding steroid dienone is 4. The van der Waals surface area contributed by atoms with Gasteiger partial charge in [0, 0.05) is 17.8 Å². The summed E-state index contributed by atoms with van der Waals surface area (Å²) in [5, 5.41) is 0. The highest BCUT2D eigenvalue weighted by molar-refractivity contribution is 5.43. The van der Waals surface area contributed by atoms with Crippen LogP contribution in [-0.4, -0.2) is 0 Å². The van der Waals surface area contributed by atoms with E-state index in [-0.39, 0.29) is 0 Å². The molecule has 0 saturated heterocycles. The Morgan fingerprint density at radius 3 is 1.73 bits per heavy atom. The predicted molar refractivity (Wildman–Crippen MR) is 87.6 cm³/mol. The van der Waals surface area contributed by atoms with E-state index in [0.717, 1.165) is 41.5 Å². The Kier molecular flexibility index (Phi) is 4.01. The van der Waals surface area contributed by atoms with E-state index < -0.39 is 0 Å². The first-order chi connectivity index (χ1) is 10.7. The van der Waals surface area contributed by atoms with Crippen molar-refractivity contribution in [2.24, 2.45) is 5.73 Å². The van der Waals surface area contributed by atoms with Crippen molar-refractivity contribution in [3.05, 3.63) is 72.1 Å². The number of anilines is 1. The molecule has 0 spiro atoms. The van der Waals surface area contributed by atoms with Gasteiger partial charge in [-0.25, -0.2) is 0 Å². The first-order valence-corrected chi connectivity index (χ1v) is 7.15. The van der Waals surface area contributed by atoms with Crippen LogP contribution in [0.1, 0.15) is 12.8 Å². The highest BCUT2D eigenvalue weighted by Crippen LogP contribution is 2.26. The molecule has 0 heterocycles. The first-order valence-electron chi connectivity index (χ1n) is 7.15. The molecule has 0 amide bonds. The molecule has 0 radical (unpaired) electrons. The van der Waals surface area contributed by atoms with Crippen LogP contribution in [0.25, 0.3) is 0 Å². The number of nitrogens with two attached hydrogens (primary N) is 2. The molecule has 2 aromatic carbocycles. The Hall–Kier alpha value is -2.88. The highest BCUT2D eigenvalue weighted by atomic mass is 16.5. The minimum Gasteiger partial charge on any atom is -0.462 e. The molecule has 4 N–H and O–H groups in total. The van der Waals surface area contributed by atoms with E-state index in [1.54, 1.807) is 0 Å². The lowest BCUT2D eigenvalue weighted by molar-refractivity contribution is 0.399. The van der Waals surface area contributed by atoms with E-state index in [0.29, 0.717) is 5.69 Å². The van der Waals surface area contributed by atoms with Crippen LogP contribution in [-0.2, 0) is 0 Å². The summed E-state index contributed by atoms with van der Waals surface area (Å²) in [6, 6.07) is 14.8. The standard InChI is InChI=1S/C18H18N2O2/c19-13-1-5-15(6-2-13)21-17-9-11-18(12-10-17)22-16-7-3-14(20)4-8-16/h1-3,5-7,9-12H,4,8,19-20H2. The van der Waals surface area contributed by atoms with Gasteiger partial charge in [0.05, 0.1) is 0 Å². The highest BCUT2D eigenvalue weighted by Gasteiger charge is 2.06. The summed E-state index contributed by atoms with van der Waals surface area (Å²) < 4.78 is 11.6. The number of rotatable bonds is 4. The maximum absolute atomic E-state index is 5.81. The maximum Gasteiger partial charge on any atom is 0.127 e. The Bertz CT molecular complexity index is 701. The van der Waals surface area contributed by atoms with Gasteiger partial charge in [-0.05, 0) is 67.1 Å². The first kappa shape index (κ1) is 14.1. The van der Waals surface area contributed by atoms with Gasteiger partial charge in [0.2, 0.25) is 0 Å². The van der Waals surface area contributed by atoms with E-state index in [1.807, 2.05) is 60.7 Å². The minimum atomic E-state index is 0.714. The van der Waals surface area contributed by atoms with Crippen molar-refractivity contribution in [2.45, 2.75) is 12.8 Å². The van der Waals surface area contributed by atoms with Crippen LogP contribution in [0.5, 0.6) is 17.2 Å². The Morgan fingerprint density at radius 1 is 0.636 bits per heavy atom. The zero-order valence-corrected chi connectivity index (χ0v) is 12.2. The lowest BCUT2D eigenvalue weighted by atomic mass is 10.1. The van der Waals surface area contributed by atoms with Gasteiger partial charge in [-0.15, -0.1) is 0 Å². The van der Waals surface area contributed by atoms with Gasteiger partial charge in [-0.3, -0.25) is 0 Å². The number of nitrogen functional groups attached to an aromatic ring is 1. The third-order valence-electron chi connectivity index (χ3n) is 3.33. The largest absolute Gasteiger partial charge is 0.462 e. The van der Waals surface area contributed by atoms with Crippen LogP contribution in [0, 0.1) is 0 Å². The SMILES string of the molecule is NC1=CC=C(Oc2ccc(Oc3ccc(N)cc3)cc2)CC1. The van der Waals surface area contributed by atoms with Gasteiger partial charge in [-0.1, -0.05) is 0 Å². The lowest BCUT2D eigenvalue weighted by Gasteiger charge is -2.13. The lowest BCUT2D eigenvalue weighted by Crippen LogP contribution is -2.05. The van der Waals surface area contributed by atoms with Crippen molar-refractivity contribution in [3.63, 3.8) is 0 Å². The molecule has 112 valence electrons. The molecular weight excluding hydrogens is 276 g/mol. The fourth-order valence-electron chi connectivity index (χ4n) is 2.12. The van der Waals surface area contributed by atoms with Crippen molar-refractivity contribution in [2.75, 3.05) is 5.73 Å². The smallest absolute Gasteiger partial charge is 0.127 e. The van der Waals surface area contributed by atoms with Crippen molar-refractivity contribution in [1.82, 2.24) is 0 Å². The molecule has 2 aromatic rings. The Labute approximate surface area is 129 Å². The van der Waals surface area contributed by atoms with Gasteiger partial charge >= 0.3 is 0 Å². The molecule has 0 unspecified atom stereocenters. The van der Waals surface area contributed by atoms with Crippen LogP contribution >= 0.6 is 0 Å². The van der Waals surface area contributed by atoms with Crippen molar-refractivity contribution in [3.8, 4) is 17.2 Å². The monoisotopic (exact) mass is 294 g/mol. The molecule has 0 saturated carbocycles. The Balaban J connectivity index is 1.64. The summed E-state index contributed by atoms with van der Waals surface area (Å²) in [4.78, 5) is 0. The molecule has 0 aromatic heterocycles. The predicted octanol–water partition coefficient (Wildman–Crippen LogP) is 3.96. The van der Waals surface area contributed by atoms with E-state index >= 15 is 0 Å². The second kappa shape index (κ2) is 6.26. The third-order valence-corrected chi connectivity index (χ3v) is 3.33. The van der Waals surface area contributed by atoms with Gasteiger partial charge in [0.15, 0.2) is 0 Å². The van der Waals surface area contributed by atoms with Crippen molar-refractivity contribution >= 4 is 5.69 Å². The van der Waals surface area contributed by atoms with E-state index in [2.05, 4.69) is 0 Å². The van der Waals surface area contributed by atoms with Crippen LogP contribution in [0.15, 0.2) is 72.1 Å².